The molecule has 1 rings (SSSR count). The smallest absolute Gasteiger partial charge is 0.227 e. The van der Waals surface area contributed by atoms with Gasteiger partial charge < -0.3 is 9.80 Å². The lowest BCUT2D eigenvalue weighted by Gasteiger charge is -2.26. The lowest BCUT2D eigenvalue weighted by Crippen LogP contribution is -2.41. The Morgan fingerprint density at radius 3 is 2.09 bits per heavy atom. The minimum absolute atomic E-state index is 0.102. The Bertz CT molecular complexity index is 485. The molecule has 23 heavy (non-hydrogen) atoms. The van der Waals surface area contributed by atoms with Gasteiger partial charge in [0.15, 0.2) is 0 Å². The van der Waals surface area contributed by atoms with Crippen molar-refractivity contribution in [3.63, 3.8) is 0 Å². The van der Waals surface area contributed by atoms with Crippen LogP contribution >= 0.6 is 0 Å². The molecule has 0 aromatic heterocycles. The van der Waals surface area contributed by atoms with Crippen molar-refractivity contribution in [2.45, 2.75) is 52.5 Å². The van der Waals surface area contributed by atoms with Crippen molar-refractivity contribution in [3.05, 3.63) is 35.4 Å². The monoisotopic (exact) mass is 319 g/mol. The largest absolute Gasteiger partial charge is 0.353 e. The summed E-state index contributed by atoms with van der Waals surface area (Å²) >= 11 is 0. The van der Waals surface area contributed by atoms with Gasteiger partial charge in [-0.15, -0.1) is 0 Å². The number of carbonyl (C=O) groups is 1. The SMILES string of the molecule is CC(C)Cc1ccc([C@@H](C)C(=O)N[C@H](C)CC[N+](C)(C)C)cc1. The van der Waals surface area contributed by atoms with Gasteiger partial charge in [0.2, 0.25) is 5.91 Å². The Balaban J connectivity index is 2.55. The van der Waals surface area contributed by atoms with E-state index < -0.39 is 0 Å². The molecule has 0 saturated carbocycles. The third-order valence-corrected chi connectivity index (χ3v) is 4.14. The summed E-state index contributed by atoms with van der Waals surface area (Å²) < 4.78 is 0.924. The highest BCUT2D eigenvalue weighted by atomic mass is 16.1. The van der Waals surface area contributed by atoms with Gasteiger partial charge in [0.05, 0.1) is 33.6 Å². The molecular weight excluding hydrogens is 284 g/mol. The summed E-state index contributed by atoms with van der Waals surface area (Å²) in [5.74, 6) is 0.675. The van der Waals surface area contributed by atoms with Crippen LogP contribution in [-0.2, 0) is 11.2 Å². The van der Waals surface area contributed by atoms with Crippen LogP contribution in [0.4, 0.5) is 0 Å². The molecule has 0 bridgehead atoms. The lowest BCUT2D eigenvalue weighted by molar-refractivity contribution is -0.870. The highest BCUT2D eigenvalue weighted by Gasteiger charge is 2.18. The molecule has 0 saturated heterocycles. The molecule has 0 aliphatic rings. The van der Waals surface area contributed by atoms with E-state index in [1.165, 1.54) is 5.56 Å². The second-order valence-corrected chi connectivity index (χ2v) is 8.27. The Hall–Kier alpha value is -1.35. The van der Waals surface area contributed by atoms with Gasteiger partial charge in [-0.3, -0.25) is 4.79 Å². The second-order valence-electron chi connectivity index (χ2n) is 8.27. The topological polar surface area (TPSA) is 29.1 Å². The second kappa shape index (κ2) is 8.49. The van der Waals surface area contributed by atoms with Crippen LogP contribution in [0.15, 0.2) is 24.3 Å². The van der Waals surface area contributed by atoms with Crippen molar-refractivity contribution >= 4 is 5.91 Å². The molecule has 3 nitrogen and oxygen atoms in total. The summed E-state index contributed by atoms with van der Waals surface area (Å²) in [6.45, 7) is 9.58. The number of rotatable bonds is 8. The molecule has 0 radical (unpaired) electrons. The highest BCUT2D eigenvalue weighted by molar-refractivity contribution is 5.83. The van der Waals surface area contributed by atoms with Gasteiger partial charge in [0.1, 0.15) is 0 Å². The molecule has 0 aliphatic carbocycles. The zero-order chi connectivity index (χ0) is 17.6. The minimum Gasteiger partial charge on any atom is -0.353 e. The molecular formula is C20H35N2O+. The van der Waals surface area contributed by atoms with Crippen LogP contribution < -0.4 is 5.32 Å². The number of amides is 1. The average molecular weight is 320 g/mol. The van der Waals surface area contributed by atoms with Crippen LogP contribution in [0.3, 0.4) is 0 Å². The maximum atomic E-state index is 12.4. The maximum Gasteiger partial charge on any atom is 0.227 e. The molecule has 3 heteroatoms. The van der Waals surface area contributed by atoms with Gasteiger partial charge in [0, 0.05) is 12.5 Å². The summed E-state index contributed by atoms with van der Waals surface area (Å²) in [6.07, 6.45) is 2.08. The quantitative estimate of drug-likeness (QED) is 0.729. The molecule has 1 aromatic rings. The van der Waals surface area contributed by atoms with E-state index in [0.29, 0.717) is 5.92 Å². The molecule has 1 N–H and O–H groups in total. The standard InChI is InChI=1S/C20H34N2O/c1-15(2)14-18-8-10-19(11-9-18)17(4)20(23)21-16(3)12-13-22(5,6)7/h8-11,15-17H,12-14H2,1-7H3/p+1/t16-,17-/m1/s1. The van der Waals surface area contributed by atoms with E-state index in [1.54, 1.807) is 0 Å². The first kappa shape index (κ1) is 19.7. The van der Waals surface area contributed by atoms with Gasteiger partial charge in [-0.05, 0) is 37.3 Å². The summed E-state index contributed by atoms with van der Waals surface area (Å²) in [7, 11) is 6.53. The Morgan fingerprint density at radius 2 is 1.61 bits per heavy atom. The van der Waals surface area contributed by atoms with E-state index in [-0.39, 0.29) is 17.9 Å². The Kier molecular flexibility index (Phi) is 7.27. The molecule has 1 amide bonds. The number of hydrogen-bond acceptors (Lipinski definition) is 1. The van der Waals surface area contributed by atoms with E-state index in [9.17, 15) is 4.79 Å². The van der Waals surface area contributed by atoms with Gasteiger partial charge in [-0.2, -0.15) is 0 Å². The zero-order valence-electron chi connectivity index (χ0n) is 16.0. The number of carbonyl (C=O) groups excluding carboxylic acids is 1. The molecule has 0 spiro atoms. The van der Waals surface area contributed by atoms with Crippen molar-refractivity contribution < 1.29 is 9.28 Å². The number of nitrogens with zero attached hydrogens (tertiary/aromatic N) is 1. The fraction of sp³-hybridized carbons (Fsp3) is 0.650. The van der Waals surface area contributed by atoms with Crippen LogP contribution in [0.1, 0.15) is 51.2 Å². The summed E-state index contributed by atoms with van der Waals surface area (Å²) in [6, 6.07) is 8.71. The van der Waals surface area contributed by atoms with E-state index in [4.69, 9.17) is 0 Å². The first-order valence-corrected chi connectivity index (χ1v) is 8.78. The van der Waals surface area contributed by atoms with E-state index >= 15 is 0 Å². The summed E-state index contributed by atoms with van der Waals surface area (Å²) in [5.41, 5.74) is 2.43. The Morgan fingerprint density at radius 1 is 1.04 bits per heavy atom. The minimum atomic E-state index is -0.102. The molecule has 0 heterocycles. The number of benzene rings is 1. The van der Waals surface area contributed by atoms with Crippen LogP contribution in [0.2, 0.25) is 0 Å². The first-order valence-electron chi connectivity index (χ1n) is 8.78. The van der Waals surface area contributed by atoms with Crippen LogP contribution in [0.5, 0.6) is 0 Å². The van der Waals surface area contributed by atoms with Crippen molar-refractivity contribution in [1.82, 2.24) is 5.32 Å². The fourth-order valence-corrected chi connectivity index (χ4v) is 2.59. The number of quaternary nitrogens is 1. The third-order valence-electron chi connectivity index (χ3n) is 4.14. The first-order chi connectivity index (χ1) is 10.6. The normalized spacial score (nSPS) is 14.6. The fourth-order valence-electron chi connectivity index (χ4n) is 2.59. The van der Waals surface area contributed by atoms with Gasteiger partial charge in [0.25, 0.3) is 0 Å². The Labute approximate surface area is 142 Å². The van der Waals surface area contributed by atoms with E-state index in [0.717, 1.165) is 29.4 Å². The lowest BCUT2D eigenvalue weighted by atomic mass is 9.96. The molecule has 0 unspecified atom stereocenters. The van der Waals surface area contributed by atoms with Crippen LogP contribution in [-0.4, -0.2) is 44.1 Å². The number of hydrogen-bond donors (Lipinski definition) is 1. The summed E-state index contributed by atoms with van der Waals surface area (Å²) in [5, 5.41) is 3.15. The maximum absolute atomic E-state index is 12.4. The predicted molar refractivity (Wildman–Crippen MR) is 98.5 cm³/mol. The van der Waals surface area contributed by atoms with Crippen molar-refractivity contribution in [2.24, 2.45) is 5.92 Å². The molecule has 130 valence electrons. The van der Waals surface area contributed by atoms with Crippen molar-refractivity contribution in [1.29, 1.82) is 0 Å². The van der Waals surface area contributed by atoms with Gasteiger partial charge in [-0.1, -0.05) is 38.1 Å². The van der Waals surface area contributed by atoms with Crippen molar-refractivity contribution in [3.8, 4) is 0 Å². The summed E-state index contributed by atoms with van der Waals surface area (Å²) in [4.78, 5) is 12.4. The molecule has 2 atom stereocenters. The number of nitrogens with one attached hydrogen (secondary N) is 1. The highest BCUT2D eigenvalue weighted by Crippen LogP contribution is 2.18. The molecule has 0 fully saturated rings. The average Bonchev–Trinajstić information content (AvgIpc) is 2.44. The van der Waals surface area contributed by atoms with E-state index in [1.807, 2.05) is 6.92 Å². The molecule has 1 aromatic carbocycles. The molecule has 0 aliphatic heterocycles. The van der Waals surface area contributed by atoms with E-state index in [2.05, 4.69) is 71.5 Å². The predicted octanol–water partition coefficient (Wildman–Crippen LogP) is 3.59. The van der Waals surface area contributed by atoms with Crippen molar-refractivity contribution in [2.75, 3.05) is 27.7 Å². The third kappa shape index (κ3) is 7.65. The van der Waals surface area contributed by atoms with Crippen LogP contribution in [0, 0.1) is 5.92 Å². The zero-order valence-corrected chi connectivity index (χ0v) is 16.0. The van der Waals surface area contributed by atoms with Gasteiger partial charge >= 0.3 is 0 Å². The van der Waals surface area contributed by atoms with Gasteiger partial charge in [-0.25, -0.2) is 0 Å². The van der Waals surface area contributed by atoms with Crippen LogP contribution in [0.25, 0.3) is 0 Å².